The van der Waals surface area contributed by atoms with E-state index in [2.05, 4.69) is 62.1 Å². The van der Waals surface area contributed by atoms with Gasteiger partial charge < -0.3 is 20.3 Å². The lowest BCUT2D eigenvalue weighted by molar-refractivity contribution is 0.0266. The summed E-state index contributed by atoms with van der Waals surface area (Å²) in [5, 5.41) is 7.70. The van der Waals surface area contributed by atoms with E-state index < -0.39 is 0 Å². The monoisotopic (exact) mass is 604 g/mol. The van der Waals surface area contributed by atoms with Gasteiger partial charge in [-0.05, 0) is 79.7 Å². The molecule has 3 aromatic rings. The number of nitrogens with one attached hydrogen (secondary N) is 2. The van der Waals surface area contributed by atoms with Gasteiger partial charge in [-0.2, -0.15) is 0 Å². The minimum absolute atomic E-state index is 0.144. The number of rotatable bonds is 6. The second-order valence-electron chi connectivity index (χ2n) is 13.8. The van der Waals surface area contributed by atoms with Crippen molar-refractivity contribution >= 4 is 22.5 Å². The lowest BCUT2D eigenvalue weighted by atomic mass is 9.58. The molecule has 1 aliphatic carbocycles. The Balaban J connectivity index is 1.41. The molecule has 0 unspecified atom stereocenters. The van der Waals surface area contributed by atoms with Gasteiger partial charge in [0.15, 0.2) is 5.96 Å². The molecule has 1 aliphatic heterocycles. The van der Waals surface area contributed by atoms with Gasteiger partial charge in [0.1, 0.15) is 11.6 Å². The van der Waals surface area contributed by atoms with Gasteiger partial charge >= 0.3 is 0 Å². The summed E-state index contributed by atoms with van der Waals surface area (Å²) in [6.45, 7) is 18.6. The predicted octanol–water partition coefficient (Wildman–Crippen LogP) is 6.12. The highest BCUT2D eigenvalue weighted by molar-refractivity contribution is 5.96. The van der Waals surface area contributed by atoms with Crippen LogP contribution in [-0.2, 0) is 6.42 Å². The van der Waals surface area contributed by atoms with Crippen molar-refractivity contribution < 1.29 is 9.13 Å². The number of fused-ring (bicyclic) bond motifs is 1. The fourth-order valence-electron chi connectivity index (χ4n) is 6.88. The highest BCUT2D eigenvalue weighted by atomic mass is 19.1. The molecule has 2 aromatic carbocycles. The van der Waals surface area contributed by atoms with E-state index in [1.54, 1.807) is 23.0 Å². The maximum Gasteiger partial charge on any atom is 0.261 e. The summed E-state index contributed by atoms with van der Waals surface area (Å²) in [6, 6.07) is 10.8. The first-order chi connectivity index (χ1) is 20.9. The molecule has 2 aliphatic rings. The molecule has 44 heavy (non-hydrogen) atoms. The van der Waals surface area contributed by atoms with Gasteiger partial charge in [-0.1, -0.05) is 40.7 Å². The van der Waals surface area contributed by atoms with Crippen LogP contribution in [0.15, 0.2) is 52.5 Å². The molecule has 9 heteroatoms. The smallest absolute Gasteiger partial charge is 0.261 e. The topological polar surface area (TPSA) is 83.8 Å². The summed E-state index contributed by atoms with van der Waals surface area (Å²) in [6.07, 6.45) is 2.99. The van der Waals surface area contributed by atoms with E-state index >= 15 is 0 Å². The van der Waals surface area contributed by atoms with E-state index in [-0.39, 0.29) is 28.9 Å². The van der Waals surface area contributed by atoms with Crippen LogP contribution < -0.4 is 20.9 Å². The summed E-state index contributed by atoms with van der Waals surface area (Å²) in [7, 11) is 1.51. The number of benzene rings is 2. The van der Waals surface area contributed by atoms with Crippen LogP contribution in [0.1, 0.15) is 66.5 Å². The van der Waals surface area contributed by atoms with Gasteiger partial charge in [0.2, 0.25) is 0 Å². The van der Waals surface area contributed by atoms with E-state index in [0.717, 1.165) is 37.7 Å². The molecule has 6 atom stereocenters. The quantitative estimate of drug-likeness (QED) is 0.261. The second-order valence-corrected chi connectivity index (χ2v) is 13.8. The Bertz CT molecular complexity index is 1570. The third kappa shape index (κ3) is 6.48. The third-order valence-electron chi connectivity index (χ3n) is 10.7. The van der Waals surface area contributed by atoms with Crippen molar-refractivity contribution in [3.63, 3.8) is 0 Å². The number of hydrogen-bond donors (Lipinski definition) is 2. The van der Waals surface area contributed by atoms with Crippen LogP contribution in [0.4, 0.5) is 10.1 Å². The molecule has 0 spiro atoms. The number of aliphatic imine (C=N–C) groups is 1. The molecule has 238 valence electrons. The number of guanidine groups is 1. The number of ether oxygens (including phenoxy) is 1. The van der Waals surface area contributed by atoms with Gasteiger partial charge in [0.25, 0.3) is 5.56 Å². The Morgan fingerprint density at radius 1 is 1.20 bits per heavy atom. The highest BCUT2D eigenvalue weighted by Gasteiger charge is 2.44. The Kier molecular flexibility index (Phi) is 9.35. The summed E-state index contributed by atoms with van der Waals surface area (Å²) in [5.74, 6) is 2.59. The van der Waals surface area contributed by atoms with E-state index in [4.69, 9.17) is 9.73 Å². The largest absolute Gasteiger partial charge is 0.497 e. The molecular formula is C35H49FN6O2. The molecule has 2 N–H and O–H groups in total. The summed E-state index contributed by atoms with van der Waals surface area (Å²) < 4.78 is 21.3. The predicted molar refractivity (Wildman–Crippen MR) is 177 cm³/mol. The van der Waals surface area contributed by atoms with Crippen molar-refractivity contribution in [2.24, 2.45) is 28.2 Å². The molecule has 0 amide bonds. The summed E-state index contributed by atoms with van der Waals surface area (Å²) >= 11 is 0. The number of nitrogens with zero attached hydrogens (tertiary/aromatic N) is 4. The fourth-order valence-corrected chi connectivity index (χ4v) is 6.88. The number of piperazine rings is 1. The lowest BCUT2D eigenvalue weighted by Gasteiger charge is -2.49. The van der Waals surface area contributed by atoms with Crippen molar-refractivity contribution in [1.82, 2.24) is 19.8 Å². The first-order valence-corrected chi connectivity index (χ1v) is 16.1. The third-order valence-corrected chi connectivity index (χ3v) is 10.7. The van der Waals surface area contributed by atoms with Crippen LogP contribution >= 0.6 is 0 Å². The first kappa shape index (κ1) is 31.9. The lowest BCUT2D eigenvalue weighted by Crippen LogP contribution is -2.54. The average molecular weight is 605 g/mol. The molecular weight excluding hydrogens is 555 g/mol. The molecule has 0 radical (unpaired) electrons. The van der Waals surface area contributed by atoms with Crippen molar-refractivity contribution in [2.75, 3.05) is 32.1 Å². The Hall–Kier alpha value is -3.46. The fraction of sp³-hybridized carbons (Fsp3) is 0.571. The molecule has 1 saturated heterocycles. The Morgan fingerprint density at radius 2 is 1.98 bits per heavy atom. The zero-order valence-electron chi connectivity index (χ0n) is 27.5. The van der Waals surface area contributed by atoms with Gasteiger partial charge in [0, 0.05) is 43.5 Å². The standard InChI is InChI=1S/C35H49FN6O2/c1-21-15-31(24(4)25(5)35(21,6)7)40-34(41-14-13-37-22(2)19-41)39-27-10-12-29-32(17-27)38-20-42(33(29)43)23(3)16-26-9-11-28(44-8)18-30(26)36/h9-12,17-18,20-25,31,37H,13-16,19H2,1-8H3,(H,39,40)/t21-,22+,23-,24+,25+,31+/m1/s1. The zero-order chi connectivity index (χ0) is 31.8. The van der Waals surface area contributed by atoms with E-state index in [1.165, 1.54) is 13.2 Å². The van der Waals surface area contributed by atoms with Crippen molar-refractivity contribution in [3.05, 3.63) is 64.5 Å². The van der Waals surface area contributed by atoms with Crippen molar-refractivity contribution in [3.8, 4) is 5.75 Å². The van der Waals surface area contributed by atoms with E-state index in [1.807, 2.05) is 25.1 Å². The van der Waals surface area contributed by atoms with Crippen LogP contribution in [-0.4, -0.2) is 59.2 Å². The van der Waals surface area contributed by atoms with Crippen LogP contribution in [0.25, 0.3) is 10.9 Å². The van der Waals surface area contributed by atoms with Gasteiger partial charge in [0.05, 0.1) is 30.4 Å². The van der Waals surface area contributed by atoms with Gasteiger partial charge in [-0.3, -0.25) is 9.36 Å². The molecule has 5 rings (SSSR count). The molecule has 1 saturated carbocycles. The van der Waals surface area contributed by atoms with Crippen LogP contribution in [0.5, 0.6) is 5.75 Å². The molecule has 2 fully saturated rings. The van der Waals surface area contributed by atoms with Crippen LogP contribution in [0.3, 0.4) is 0 Å². The first-order valence-electron chi connectivity index (χ1n) is 16.1. The molecule has 2 heterocycles. The van der Waals surface area contributed by atoms with E-state index in [9.17, 15) is 9.18 Å². The van der Waals surface area contributed by atoms with Crippen LogP contribution in [0, 0.1) is 29.0 Å². The minimum atomic E-state index is -0.347. The molecule has 8 nitrogen and oxygen atoms in total. The number of methoxy groups -OCH3 is 1. The maximum atomic E-state index is 14.6. The van der Waals surface area contributed by atoms with Crippen molar-refractivity contribution in [2.45, 2.75) is 79.4 Å². The second kappa shape index (κ2) is 12.9. The number of aromatic nitrogens is 2. The summed E-state index contributed by atoms with van der Waals surface area (Å²) in [4.78, 5) is 25.9. The highest BCUT2D eigenvalue weighted by Crippen LogP contribution is 2.48. The maximum absolute atomic E-state index is 14.6. The number of anilines is 1. The molecule has 1 aromatic heterocycles. The Labute approximate surface area is 261 Å². The van der Waals surface area contributed by atoms with Crippen LogP contribution in [0.2, 0.25) is 0 Å². The number of hydrogen-bond acceptors (Lipinski definition) is 5. The van der Waals surface area contributed by atoms with Gasteiger partial charge in [-0.15, -0.1) is 0 Å². The Morgan fingerprint density at radius 3 is 2.68 bits per heavy atom. The normalized spacial score (nSPS) is 26.4. The average Bonchev–Trinajstić information content (AvgIpc) is 2.99. The summed E-state index contributed by atoms with van der Waals surface area (Å²) in [5.41, 5.74) is 2.13. The number of halogens is 1. The molecule has 0 bridgehead atoms. The van der Waals surface area contributed by atoms with E-state index in [0.29, 0.717) is 52.4 Å². The minimum Gasteiger partial charge on any atom is -0.497 e. The van der Waals surface area contributed by atoms with Crippen molar-refractivity contribution in [1.29, 1.82) is 0 Å². The zero-order valence-corrected chi connectivity index (χ0v) is 27.5. The SMILES string of the molecule is COc1ccc(C[C@@H](C)n2cnc3cc(NC(=N[C@H]4C[C@@H](C)C(C)(C)[C@@H](C)[C@@H]4C)N4CCN[C@@H](C)C4)ccc3c2=O)c(F)c1. The van der Waals surface area contributed by atoms with Gasteiger partial charge in [-0.25, -0.2) is 14.4 Å².